The minimum atomic E-state index is -0.672. The Balaban J connectivity index is 2.30. The van der Waals surface area contributed by atoms with Crippen LogP contribution in [-0.4, -0.2) is 21.2 Å². The predicted molar refractivity (Wildman–Crippen MR) is 96.9 cm³/mol. The lowest BCUT2D eigenvalue weighted by atomic mass is 10.0. The number of aliphatic hydroxyl groups is 1. The van der Waals surface area contributed by atoms with Gasteiger partial charge in [-0.3, -0.25) is 0 Å². The lowest BCUT2D eigenvalue weighted by Crippen LogP contribution is -2.24. The molecule has 2 unspecified atom stereocenters. The van der Waals surface area contributed by atoms with E-state index in [0.717, 1.165) is 15.9 Å². The molecule has 0 aliphatic heterocycles. The zero-order valence-corrected chi connectivity index (χ0v) is 15.4. The van der Waals surface area contributed by atoms with Crippen LogP contribution in [-0.2, 0) is 0 Å². The third kappa shape index (κ3) is 4.50. The van der Waals surface area contributed by atoms with Crippen molar-refractivity contribution >= 4 is 27.6 Å². The molecule has 0 amide bonds. The highest BCUT2D eigenvalue weighted by atomic mass is 79.9. The van der Waals surface area contributed by atoms with E-state index in [-0.39, 0.29) is 0 Å². The molecule has 6 heteroatoms. The van der Waals surface area contributed by atoms with E-state index in [9.17, 15) is 5.11 Å². The Bertz CT molecular complexity index is 688. The highest BCUT2D eigenvalue weighted by Crippen LogP contribution is 2.29. The van der Waals surface area contributed by atoms with E-state index < -0.39 is 12.1 Å². The number of halogens is 1. The molecule has 0 aliphatic carbocycles. The first-order valence-electron chi connectivity index (χ1n) is 7.63. The molecule has 0 bridgehead atoms. The van der Waals surface area contributed by atoms with Gasteiger partial charge in [0.2, 0.25) is 5.95 Å². The second-order valence-electron chi connectivity index (χ2n) is 6.04. The number of anilines is 2. The van der Waals surface area contributed by atoms with Crippen molar-refractivity contribution in [2.75, 3.05) is 5.32 Å². The molecule has 0 saturated carbocycles. The zero-order valence-electron chi connectivity index (χ0n) is 13.8. The molecule has 2 atom stereocenters. The summed E-state index contributed by atoms with van der Waals surface area (Å²) in [4.78, 5) is 8.81. The molecule has 5 nitrogen and oxygen atoms in total. The Hall–Kier alpha value is -1.50. The highest BCUT2D eigenvalue weighted by Gasteiger charge is 2.16. The minimum absolute atomic E-state index is 0.464. The molecule has 4 N–H and O–H groups in total. The van der Waals surface area contributed by atoms with Gasteiger partial charge in [-0.15, -0.1) is 0 Å². The topological polar surface area (TPSA) is 84.1 Å². The van der Waals surface area contributed by atoms with E-state index in [1.165, 1.54) is 5.56 Å². The number of nitrogens with two attached hydrogens (primary N) is 1. The normalized spacial score (nSPS) is 13.9. The number of hydrogen-bond donors (Lipinski definition) is 3. The maximum atomic E-state index is 9.66. The maximum absolute atomic E-state index is 9.66. The first-order valence-corrected chi connectivity index (χ1v) is 8.43. The standard InChI is InChI=1S/C17H23BrN4O/c1-9(2)12-5-6-14(13(18)8-12)21-17-20-10(3)7-15(22-17)16(19)11(4)23/h5-9,11,16,23H,19H2,1-4H3,(H,20,21,22). The van der Waals surface area contributed by atoms with Crippen molar-refractivity contribution in [3.05, 3.63) is 45.7 Å². The van der Waals surface area contributed by atoms with Crippen molar-refractivity contribution in [1.29, 1.82) is 0 Å². The summed E-state index contributed by atoms with van der Waals surface area (Å²) in [5.41, 5.74) is 9.53. The number of aliphatic hydroxyl groups excluding tert-OH is 1. The molecule has 2 rings (SSSR count). The van der Waals surface area contributed by atoms with Crippen molar-refractivity contribution in [2.45, 2.75) is 45.8 Å². The lowest BCUT2D eigenvalue weighted by Gasteiger charge is -2.16. The summed E-state index contributed by atoms with van der Waals surface area (Å²) in [5, 5.41) is 12.9. The van der Waals surface area contributed by atoms with Crippen LogP contribution >= 0.6 is 15.9 Å². The lowest BCUT2D eigenvalue weighted by molar-refractivity contribution is 0.162. The van der Waals surface area contributed by atoms with Crippen LogP contribution in [0.4, 0.5) is 11.6 Å². The first kappa shape index (κ1) is 17.8. The van der Waals surface area contributed by atoms with Gasteiger partial charge in [-0.25, -0.2) is 9.97 Å². The van der Waals surface area contributed by atoms with Gasteiger partial charge in [0, 0.05) is 10.2 Å². The van der Waals surface area contributed by atoms with Crippen molar-refractivity contribution in [2.24, 2.45) is 5.73 Å². The van der Waals surface area contributed by atoms with Crippen LogP contribution in [0.25, 0.3) is 0 Å². The van der Waals surface area contributed by atoms with E-state index in [0.29, 0.717) is 17.6 Å². The minimum Gasteiger partial charge on any atom is -0.391 e. The molecule has 23 heavy (non-hydrogen) atoms. The fourth-order valence-corrected chi connectivity index (χ4v) is 2.67. The fourth-order valence-electron chi connectivity index (χ4n) is 2.18. The summed E-state index contributed by atoms with van der Waals surface area (Å²) in [5.74, 6) is 0.931. The maximum Gasteiger partial charge on any atom is 0.227 e. The van der Waals surface area contributed by atoms with Crippen LogP contribution in [0.1, 0.15) is 49.7 Å². The van der Waals surface area contributed by atoms with Crippen LogP contribution in [0.15, 0.2) is 28.7 Å². The highest BCUT2D eigenvalue weighted by molar-refractivity contribution is 9.10. The molecule has 2 aromatic rings. The van der Waals surface area contributed by atoms with Crippen molar-refractivity contribution < 1.29 is 5.11 Å². The van der Waals surface area contributed by atoms with Gasteiger partial charge in [-0.2, -0.15) is 0 Å². The number of aromatic nitrogens is 2. The van der Waals surface area contributed by atoms with Gasteiger partial charge in [0.25, 0.3) is 0 Å². The number of hydrogen-bond acceptors (Lipinski definition) is 5. The number of benzene rings is 1. The summed E-state index contributed by atoms with van der Waals surface area (Å²) in [6, 6.07) is 7.42. The van der Waals surface area contributed by atoms with Gasteiger partial charge in [-0.1, -0.05) is 19.9 Å². The number of rotatable bonds is 5. The van der Waals surface area contributed by atoms with E-state index in [1.54, 1.807) is 13.0 Å². The van der Waals surface area contributed by atoms with E-state index in [2.05, 4.69) is 57.2 Å². The van der Waals surface area contributed by atoms with Crippen molar-refractivity contribution in [1.82, 2.24) is 9.97 Å². The van der Waals surface area contributed by atoms with Crippen molar-refractivity contribution in [3.8, 4) is 0 Å². The third-order valence-corrected chi connectivity index (χ3v) is 4.30. The third-order valence-electron chi connectivity index (χ3n) is 3.64. The molecular weight excluding hydrogens is 356 g/mol. The van der Waals surface area contributed by atoms with E-state index >= 15 is 0 Å². The summed E-state index contributed by atoms with van der Waals surface area (Å²) < 4.78 is 0.954. The Kier molecular flexibility index (Phi) is 5.73. The van der Waals surface area contributed by atoms with Crippen molar-refractivity contribution in [3.63, 3.8) is 0 Å². The summed E-state index contributed by atoms with van der Waals surface area (Å²) >= 11 is 3.58. The molecule has 1 heterocycles. The molecular formula is C17H23BrN4O. The molecule has 124 valence electrons. The quantitative estimate of drug-likeness (QED) is 0.736. The zero-order chi connectivity index (χ0) is 17.1. The summed E-state index contributed by atoms with van der Waals surface area (Å²) in [6.07, 6.45) is -0.672. The Morgan fingerprint density at radius 1 is 1.17 bits per heavy atom. The van der Waals surface area contributed by atoms with Gasteiger partial charge >= 0.3 is 0 Å². The number of nitrogens with one attached hydrogen (secondary N) is 1. The van der Waals surface area contributed by atoms with Crippen LogP contribution in [0, 0.1) is 6.92 Å². The van der Waals surface area contributed by atoms with Gasteiger partial charge < -0.3 is 16.2 Å². The van der Waals surface area contributed by atoms with Gasteiger partial charge in [0.15, 0.2) is 0 Å². The second kappa shape index (κ2) is 7.38. The molecule has 0 radical (unpaired) electrons. The number of aryl methyl sites for hydroxylation is 1. The first-order chi connectivity index (χ1) is 10.8. The summed E-state index contributed by atoms with van der Waals surface area (Å²) in [7, 11) is 0. The molecule has 0 fully saturated rings. The molecule has 0 aliphatic rings. The average molecular weight is 379 g/mol. The largest absolute Gasteiger partial charge is 0.391 e. The van der Waals surface area contributed by atoms with Crippen LogP contribution in [0.5, 0.6) is 0 Å². The molecule has 0 spiro atoms. The molecule has 0 saturated heterocycles. The Morgan fingerprint density at radius 2 is 1.87 bits per heavy atom. The number of nitrogens with zero attached hydrogens (tertiary/aromatic N) is 2. The van der Waals surface area contributed by atoms with Gasteiger partial charge in [0.1, 0.15) is 0 Å². The Labute approximate surface area is 145 Å². The molecule has 1 aromatic heterocycles. The monoisotopic (exact) mass is 378 g/mol. The SMILES string of the molecule is Cc1cc(C(N)C(C)O)nc(Nc2ccc(C(C)C)cc2Br)n1. The smallest absolute Gasteiger partial charge is 0.227 e. The van der Waals surface area contributed by atoms with E-state index in [1.807, 2.05) is 13.0 Å². The van der Waals surface area contributed by atoms with Gasteiger partial charge in [0.05, 0.1) is 23.5 Å². The average Bonchev–Trinajstić information content (AvgIpc) is 2.47. The predicted octanol–water partition coefficient (Wildman–Crippen LogP) is 3.80. The summed E-state index contributed by atoms with van der Waals surface area (Å²) in [6.45, 7) is 7.84. The van der Waals surface area contributed by atoms with Crippen LogP contribution in [0.2, 0.25) is 0 Å². The Morgan fingerprint density at radius 3 is 2.43 bits per heavy atom. The fraction of sp³-hybridized carbons (Fsp3) is 0.412. The van der Waals surface area contributed by atoms with E-state index in [4.69, 9.17) is 5.73 Å². The van der Waals surface area contributed by atoms with Gasteiger partial charge in [-0.05, 0) is 59.5 Å². The van der Waals surface area contributed by atoms with Crippen LogP contribution in [0.3, 0.4) is 0 Å². The van der Waals surface area contributed by atoms with Crippen LogP contribution < -0.4 is 11.1 Å². The molecule has 1 aromatic carbocycles. The second-order valence-corrected chi connectivity index (χ2v) is 6.90.